The van der Waals surface area contributed by atoms with Crippen LogP contribution in [0, 0.1) is 0 Å². The fourth-order valence-corrected chi connectivity index (χ4v) is 6.74. The molecule has 6 nitrogen and oxygen atoms in total. The second-order valence-electron chi connectivity index (χ2n) is 4.44. The lowest BCUT2D eigenvalue weighted by Crippen LogP contribution is -2.46. The van der Waals surface area contributed by atoms with Crippen LogP contribution < -0.4 is 4.72 Å². The normalized spacial score (nSPS) is 27.4. The molecule has 1 saturated heterocycles. The molecule has 0 aromatic carbocycles. The second kappa shape index (κ2) is 4.41. The minimum Gasteiger partial charge on any atom is -0.232 e. The zero-order valence-corrected chi connectivity index (χ0v) is 12.6. The minimum absolute atomic E-state index is 0.00450. The first-order chi connectivity index (χ1) is 8.12. The van der Waals surface area contributed by atoms with Crippen LogP contribution >= 0.6 is 22.9 Å². The maximum atomic E-state index is 12.0. The molecule has 0 spiro atoms. The number of hydrogen-bond donors (Lipinski definition) is 1. The Balaban J connectivity index is 2.24. The van der Waals surface area contributed by atoms with Gasteiger partial charge in [-0.2, -0.15) is 0 Å². The summed E-state index contributed by atoms with van der Waals surface area (Å²) in [5.74, 6) is -0.193. The van der Waals surface area contributed by atoms with E-state index in [-0.39, 0.29) is 26.6 Å². The first-order valence-corrected chi connectivity index (χ1v) is 9.48. The monoisotopic (exact) mass is 330 g/mol. The molecule has 2 heterocycles. The van der Waals surface area contributed by atoms with Crippen LogP contribution in [-0.4, -0.2) is 38.9 Å². The van der Waals surface area contributed by atoms with E-state index in [1.165, 1.54) is 0 Å². The van der Waals surface area contributed by atoms with Gasteiger partial charge in [0, 0.05) is 5.54 Å². The molecule has 1 aliphatic rings. The van der Waals surface area contributed by atoms with E-state index < -0.39 is 25.4 Å². The summed E-state index contributed by atoms with van der Waals surface area (Å²) in [6.45, 7) is 1.58. The summed E-state index contributed by atoms with van der Waals surface area (Å²) in [5.41, 5.74) is -0.964. The number of nitrogens with zero attached hydrogens (tertiary/aromatic N) is 1. The van der Waals surface area contributed by atoms with Gasteiger partial charge in [0.1, 0.15) is 0 Å². The lowest BCUT2D eigenvalue weighted by atomic mass is 10.0. The molecule has 2 rings (SSSR count). The average Bonchev–Trinajstić information content (AvgIpc) is 2.70. The summed E-state index contributed by atoms with van der Waals surface area (Å²) in [6.07, 6.45) is 1.42. The molecular formula is C8H11ClN2O4S3. The van der Waals surface area contributed by atoms with E-state index in [1.807, 2.05) is 0 Å². The van der Waals surface area contributed by atoms with Crippen molar-refractivity contribution < 1.29 is 16.8 Å². The molecule has 102 valence electrons. The van der Waals surface area contributed by atoms with Crippen molar-refractivity contribution >= 4 is 42.8 Å². The molecule has 1 aromatic rings. The Morgan fingerprint density at radius 1 is 1.56 bits per heavy atom. The van der Waals surface area contributed by atoms with Crippen LogP contribution in [0.15, 0.2) is 10.4 Å². The van der Waals surface area contributed by atoms with Gasteiger partial charge in [-0.3, -0.25) is 0 Å². The van der Waals surface area contributed by atoms with Gasteiger partial charge in [-0.05, 0) is 13.3 Å². The number of sulfone groups is 1. The predicted molar refractivity (Wildman–Crippen MR) is 69.1 cm³/mol. The van der Waals surface area contributed by atoms with E-state index >= 15 is 0 Å². The molecule has 10 heteroatoms. The first-order valence-electron chi connectivity index (χ1n) is 4.98. The van der Waals surface area contributed by atoms with Gasteiger partial charge in [0.2, 0.25) is 0 Å². The van der Waals surface area contributed by atoms with Crippen LogP contribution in [0.3, 0.4) is 0 Å². The van der Waals surface area contributed by atoms with Gasteiger partial charge in [0.15, 0.2) is 18.5 Å². The van der Waals surface area contributed by atoms with Crippen LogP contribution in [-0.2, 0) is 19.9 Å². The van der Waals surface area contributed by atoms with Crippen molar-refractivity contribution in [2.45, 2.75) is 23.1 Å². The third kappa shape index (κ3) is 3.02. The van der Waals surface area contributed by atoms with E-state index in [0.29, 0.717) is 0 Å². The lowest BCUT2D eigenvalue weighted by Gasteiger charge is -2.22. The highest BCUT2D eigenvalue weighted by atomic mass is 35.5. The molecule has 0 bridgehead atoms. The van der Waals surface area contributed by atoms with E-state index in [9.17, 15) is 16.8 Å². The fraction of sp³-hybridized carbons (Fsp3) is 0.625. The Morgan fingerprint density at radius 2 is 2.22 bits per heavy atom. The molecule has 1 N–H and O–H groups in total. The van der Waals surface area contributed by atoms with Crippen LogP contribution in [0.1, 0.15) is 13.3 Å². The highest BCUT2D eigenvalue weighted by Crippen LogP contribution is 2.28. The molecule has 0 saturated carbocycles. The van der Waals surface area contributed by atoms with Gasteiger partial charge in [0.25, 0.3) is 10.0 Å². The Labute approximate surface area is 114 Å². The smallest absolute Gasteiger partial charge is 0.232 e. The third-order valence-corrected chi connectivity index (χ3v) is 7.72. The van der Waals surface area contributed by atoms with Gasteiger partial charge in [-0.1, -0.05) is 22.9 Å². The van der Waals surface area contributed by atoms with Crippen LogP contribution in [0.5, 0.6) is 0 Å². The number of rotatable bonds is 3. The van der Waals surface area contributed by atoms with Crippen molar-refractivity contribution in [2.24, 2.45) is 0 Å². The van der Waals surface area contributed by atoms with Crippen molar-refractivity contribution in [2.75, 3.05) is 11.5 Å². The molecule has 0 amide bonds. The van der Waals surface area contributed by atoms with Crippen molar-refractivity contribution in [3.8, 4) is 0 Å². The Morgan fingerprint density at radius 3 is 2.67 bits per heavy atom. The van der Waals surface area contributed by atoms with Crippen LogP contribution in [0.2, 0.25) is 4.47 Å². The van der Waals surface area contributed by atoms with Gasteiger partial charge >= 0.3 is 0 Å². The summed E-state index contributed by atoms with van der Waals surface area (Å²) in [7, 11) is -6.94. The average molecular weight is 331 g/mol. The number of halogens is 1. The first kappa shape index (κ1) is 14.2. The largest absolute Gasteiger partial charge is 0.252 e. The minimum atomic E-state index is -3.77. The third-order valence-electron chi connectivity index (χ3n) is 2.61. The second-order valence-corrected chi connectivity index (χ2v) is 10.1. The Bertz CT molecular complexity index is 666. The summed E-state index contributed by atoms with van der Waals surface area (Å²) in [5, 5.41) is 0. The molecule has 1 fully saturated rings. The van der Waals surface area contributed by atoms with E-state index in [0.717, 1.165) is 17.5 Å². The summed E-state index contributed by atoms with van der Waals surface area (Å²) in [4.78, 5) is 3.66. The van der Waals surface area contributed by atoms with Gasteiger partial charge in [-0.15, -0.1) is 0 Å². The fourth-order valence-electron chi connectivity index (χ4n) is 1.83. The van der Waals surface area contributed by atoms with E-state index in [4.69, 9.17) is 11.6 Å². The number of nitrogens with one attached hydrogen (secondary N) is 1. The van der Waals surface area contributed by atoms with Gasteiger partial charge < -0.3 is 0 Å². The zero-order chi connectivity index (χ0) is 13.6. The van der Waals surface area contributed by atoms with Crippen molar-refractivity contribution in [1.29, 1.82) is 0 Å². The highest BCUT2D eigenvalue weighted by molar-refractivity contribution is 7.92. The predicted octanol–water partition coefficient (Wildman–Crippen LogP) is 0.652. The number of hydrogen-bond acceptors (Lipinski definition) is 6. The van der Waals surface area contributed by atoms with Gasteiger partial charge in [-0.25, -0.2) is 26.5 Å². The maximum Gasteiger partial charge on any atom is 0.252 e. The lowest BCUT2D eigenvalue weighted by molar-refractivity contribution is 0.462. The molecule has 0 radical (unpaired) electrons. The van der Waals surface area contributed by atoms with Crippen molar-refractivity contribution in [3.05, 3.63) is 10.7 Å². The molecular weight excluding hydrogens is 320 g/mol. The molecule has 0 aliphatic carbocycles. The number of sulfonamides is 1. The Kier molecular flexibility index (Phi) is 3.48. The quantitative estimate of drug-likeness (QED) is 0.878. The topological polar surface area (TPSA) is 93.2 Å². The zero-order valence-electron chi connectivity index (χ0n) is 9.38. The molecule has 18 heavy (non-hydrogen) atoms. The van der Waals surface area contributed by atoms with Crippen LogP contribution in [0.25, 0.3) is 0 Å². The molecule has 1 aliphatic heterocycles. The number of aromatic nitrogens is 1. The maximum absolute atomic E-state index is 12.0. The highest BCUT2D eigenvalue weighted by Gasteiger charge is 2.41. The summed E-state index contributed by atoms with van der Waals surface area (Å²) >= 11 is 6.41. The van der Waals surface area contributed by atoms with Crippen molar-refractivity contribution in [3.63, 3.8) is 0 Å². The number of thiazole rings is 1. The van der Waals surface area contributed by atoms with E-state index in [2.05, 4.69) is 9.71 Å². The molecule has 1 aromatic heterocycles. The summed E-state index contributed by atoms with van der Waals surface area (Å²) in [6, 6.07) is 0. The van der Waals surface area contributed by atoms with Gasteiger partial charge in [0.05, 0.1) is 17.7 Å². The Hall–Kier alpha value is -0.220. The summed E-state index contributed by atoms with van der Waals surface area (Å²) < 4.78 is 49.4. The molecule has 1 unspecified atom stereocenters. The van der Waals surface area contributed by atoms with E-state index in [1.54, 1.807) is 6.92 Å². The SMILES string of the molecule is CC1(NS(=O)(=O)c2cnc(Cl)s2)CCS(=O)(=O)C1. The molecule has 1 atom stereocenters. The standard InChI is InChI=1S/C8H11ClN2O4S3/c1-8(2-3-17(12,13)5-8)11-18(14,15)6-4-10-7(9)16-6/h4,11H,2-3,5H2,1H3. The van der Waals surface area contributed by atoms with Crippen molar-refractivity contribution in [1.82, 2.24) is 9.71 Å². The van der Waals surface area contributed by atoms with Crippen LogP contribution in [0.4, 0.5) is 0 Å².